The topological polar surface area (TPSA) is 83.8 Å². The van der Waals surface area contributed by atoms with Gasteiger partial charge in [0.05, 0.1) is 23.3 Å². The molecule has 5 nitrogen and oxygen atoms in total. The number of esters is 1. The van der Waals surface area contributed by atoms with Crippen molar-refractivity contribution in [3.05, 3.63) is 71.8 Å². The van der Waals surface area contributed by atoms with Crippen LogP contribution in [0.3, 0.4) is 0 Å². The van der Waals surface area contributed by atoms with Gasteiger partial charge in [-0.1, -0.05) is 95.2 Å². The maximum absolute atomic E-state index is 11.7. The molecular formula is C30H46O5. The molecule has 0 spiro atoms. The van der Waals surface area contributed by atoms with Crippen LogP contribution in [0.5, 0.6) is 0 Å². The second-order valence-corrected chi connectivity index (χ2v) is 8.80. The number of aromatic carboxylic acids is 1. The molecule has 0 unspecified atom stereocenters. The van der Waals surface area contributed by atoms with Crippen LogP contribution >= 0.6 is 0 Å². The van der Waals surface area contributed by atoms with E-state index in [4.69, 9.17) is 14.9 Å². The van der Waals surface area contributed by atoms with Gasteiger partial charge < -0.3 is 14.9 Å². The minimum atomic E-state index is -0.879. The lowest BCUT2D eigenvalue weighted by atomic mass is 10.1. The highest BCUT2D eigenvalue weighted by atomic mass is 16.5. The highest BCUT2D eigenvalue weighted by molar-refractivity contribution is 5.89. The molecule has 0 aliphatic heterocycles. The van der Waals surface area contributed by atoms with Crippen LogP contribution in [-0.2, 0) is 4.74 Å². The first-order valence-electron chi connectivity index (χ1n) is 13.0. The van der Waals surface area contributed by atoms with Gasteiger partial charge in [0, 0.05) is 0 Å². The number of carbonyl (C=O) groups is 2. The third-order valence-corrected chi connectivity index (χ3v) is 5.28. The summed E-state index contributed by atoms with van der Waals surface area (Å²) < 4.78 is 5.38. The third kappa shape index (κ3) is 19.3. The first kappa shape index (κ1) is 32.3. The minimum absolute atomic E-state index is 0.0135. The van der Waals surface area contributed by atoms with Gasteiger partial charge in [-0.25, -0.2) is 9.59 Å². The normalized spacial score (nSPS) is 11.7. The first-order valence-corrected chi connectivity index (χ1v) is 13.0. The maximum atomic E-state index is 11.7. The number of benzene rings is 2. The zero-order valence-electron chi connectivity index (χ0n) is 22.1. The zero-order chi connectivity index (χ0) is 26.3. The smallest absolute Gasteiger partial charge is 0.338 e. The zero-order valence-corrected chi connectivity index (χ0v) is 22.1. The molecule has 5 heteroatoms. The molecule has 0 heterocycles. The van der Waals surface area contributed by atoms with Crippen molar-refractivity contribution in [2.75, 3.05) is 0 Å². The van der Waals surface area contributed by atoms with Crippen molar-refractivity contribution in [1.82, 2.24) is 0 Å². The van der Waals surface area contributed by atoms with Gasteiger partial charge in [0.25, 0.3) is 0 Å². The number of unbranched alkanes of at least 4 members (excludes halogenated alkanes) is 6. The van der Waals surface area contributed by atoms with Crippen LogP contribution in [0.25, 0.3) is 0 Å². The number of carbonyl (C=O) groups excluding carboxylic acids is 1. The molecule has 2 atom stereocenters. The van der Waals surface area contributed by atoms with E-state index in [1.54, 1.807) is 42.5 Å². The summed E-state index contributed by atoms with van der Waals surface area (Å²) in [4.78, 5) is 21.9. The van der Waals surface area contributed by atoms with Crippen LogP contribution in [0.1, 0.15) is 113 Å². The predicted octanol–water partition coefficient (Wildman–Crippen LogP) is 7.92. The van der Waals surface area contributed by atoms with Crippen LogP contribution in [0.15, 0.2) is 60.7 Å². The van der Waals surface area contributed by atoms with Gasteiger partial charge in [0.15, 0.2) is 0 Å². The van der Waals surface area contributed by atoms with E-state index in [1.165, 1.54) is 44.9 Å². The Balaban J connectivity index is 0.000000543. The van der Waals surface area contributed by atoms with Gasteiger partial charge >= 0.3 is 11.9 Å². The molecule has 0 saturated carbocycles. The van der Waals surface area contributed by atoms with E-state index in [0.29, 0.717) is 11.1 Å². The van der Waals surface area contributed by atoms with Gasteiger partial charge in [-0.2, -0.15) is 0 Å². The highest BCUT2D eigenvalue weighted by Gasteiger charge is 2.10. The largest absolute Gasteiger partial charge is 0.478 e. The van der Waals surface area contributed by atoms with Crippen molar-refractivity contribution in [3.63, 3.8) is 0 Å². The summed E-state index contributed by atoms with van der Waals surface area (Å²) in [5, 5.41) is 17.2. The van der Waals surface area contributed by atoms with E-state index in [-0.39, 0.29) is 18.2 Å². The van der Waals surface area contributed by atoms with E-state index in [9.17, 15) is 9.59 Å². The molecule has 2 aromatic rings. The molecule has 35 heavy (non-hydrogen) atoms. The lowest BCUT2D eigenvalue weighted by molar-refractivity contribution is 0.0319. The Bertz CT molecular complexity index is 759. The molecule has 0 aliphatic rings. The van der Waals surface area contributed by atoms with Crippen LogP contribution in [0, 0.1) is 0 Å². The average molecular weight is 487 g/mol. The molecule has 0 radical (unpaired) electrons. The second kappa shape index (κ2) is 21.8. The lowest BCUT2D eigenvalue weighted by Crippen LogP contribution is -2.14. The van der Waals surface area contributed by atoms with Crippen LogP contribution in [-0.4, -0.2) is 34.4 Å². The number of carboxylic acids is 1. The third-order valence-electron chi connectivity index (χ3n) is 5.28. The summed E-state index contributed by atoms with van der Waals surface area (Å²) in [6, 6.07) is 17.5. The summed E-state index contributed by atoms with van der Waals surface area (Å²) in [6.45, 7) is 8.21. The van der Waals surface area contributed by atoms with Crippen LogP contribution < -0.4 is 0 Å². The summed E-state index contributed by atoms with van der Waals surface area (Å²) in [6.07, 6.45) is 11.8. The fourth-order valence-corrected chi connectivity index (χ4v) is 3.19. The summed E-state index contributed by atoms with van der Waals surface area (Å²) in [5.41, 5.74) is 0.963. The number of hydrogen-bond donors (Lipinski definition) is 2. The Kier molecular flexibility index (Phi) is 20.2. The van der Waals surface area contributed by atoms with Crippen molar-refractivity contribution in [2.24, 2.45) is 0 Å². The van der Waals surface area contributed by atoms with Crippen molar-refractivity contribution in [3.8, 4) is 0 Å². The molecule has 2 aromatic carbocycles. The Morgan fingerprint density at radius 3 is 1.57 bits per heavy atom. The predicted molar refractivity (Wildman–Crippen MR) is 144 cm³/mol. The lowest BCUT2D eigenvalue weighted by Gasteiger charge is -2.12. The quantitative estimate of drug-likeness (QED) is 0.222. The van der Waals surface area contributed by atoms with Crippen molar-refractivity contribution in [2.45, 2.75) is 104 Å². The minimum Gasteiger partial charge on any atom is -0.478 e. The maximum Gasteiger partial charge on any atom is 0.338 e. The molecule has 2 N–H and O–H groups in total. The van der Waals surface area contributed by atoms with Gasteiger partial charge in [-0.05, 0) is 57.4 Å². The van der Waals surface area contributed by atoms with Crippen molar-refractivity contribution < 1.29 is 24.5 Å². The van der Waals surface area contributed by atoms with Crippen LogP contribution in [0.2, 0.25) is 0 Å². The van der Waals surface area contributed by atoms with E-state index in [0.717, 1.165) is 19.3 Å². The SMILES string of the molecule is CCCCCC[C@@H](C)OC(=O)c1ccccc1.CCCCCC[C@H](C)O.O=C(O)c1ccccc1. The number of hydrogen-bond acceptors (Lipinski definition) is 4. The standard InChI is InChI=1S/C15H22O2.C8H18O.C7H6O2/c1-3-4-5-7-10-13(2)17-15(16)14-11-8-6-9-12-14;1-3-4-5-6-7-8(2)9;8-7(9)6-4-2-1-3-5-6/h6,8-9,11-13H,3-5,7,10H2,1-2H3;8-9H,3-7H2,1-2H3;1-5H,(H,8,9)/t13-;8-;/m10./s1. The number of aliphatic hydroxyl groups excluding tert-OH is 1. The summed E-state index contributed by atoms with van der Waals surface area (Å²) >= 11 is 0. The molecule has 0 saturated heterocycles. The number of aliphatic hydroxyl groups is 1. The van der Waals surface area contributed by atoms with Crippen molar-refractivity contribution in [1.29, 1.82) is 0 Å². The number of carboxylic acid groups (broad SMARTS) is 1. The number of rotatable bonds is 13. The van der Waals surface area contributed by atoms with Crippen LogP contribution in [0.4, 0.5) is 0 Å². The molecule has 0 amide bonds. The van der Waals surface area contributed by atoms with Crippen molar-refractivity contribution >= 4 is 11.9 Å². The average Bonchev–Trinajstić information content (AvgIpc) is 2.86. The monoisotopic (exact) mass is 486 g/mol. The Hall–Kier alpha value is -2.66. The highest BCUT2D eigenvalue weighted by Crippen LogP contribution is 2.10. The summed E-state index contributed by atoms with van der Waals surface area (Å²) in [5.74, 6) is -1.09. The van der Waals surface area contributed by atoms with E-state index >= 15 is 0 Å². The molecule has 0 bridgehead atoms. The Morgan fingerprint density at radius 2 is 1.17 bits per heavy atom. The van der Waals surface area contributed by atoms with Gasteiger partial charge in [-0.15, -0.1) is 0 Å². The molecule has 2 rings (SSSR count). The second-order valence-electron chi connectivity index (χ2n) is 8.80. The molecule has 0 aromatic heterocycles. The van der Waals surface area contributed by atoms with Gasteiger partial charge in [0.1, 0.15) is 0 Å². The number of ether oxygens (including phenoxy) is 1. The van der Waals surface area contributed by atoms with Gasteiger partial charge in [0.2, 0.25) is 0 Å². The van der Waals surface area contributed by atoms with E-state index in [1.807, 2.05) is 32.0 Å². The molecular weight excluding hydrogens is 440 g/mol. The Morgan fingerprint density at radius 1 is 0.714 bits per heavy atom. The fraction of sp³-hybridized carbons (Fsp3) is 0.533. The first-order chi connectivity index (χ1) is 16.8. The summed E-state index contributed by atoms with van der Waals surface area (Å²) in [7, 11) is 0. The fourth-order valence-electron chi connectivity index (χ4n) is 3.19. The van der Waals surface area contributed by atoms with E-state index < -0.39 is 5.97 Å². The molecule has 196 valence electrons. The molecule has 0 fully saturated rings. The van der Waals surface area contributed by atoms with Gasteiger partial charge in [-0.3, -0.25) is 0 Å². The van der Waals surface area contributed by atoms with E-state index in [2.05, 4.69) is 13.8 Å². The molecule has 0 aliphatic carbocycles. The Labute approximate surface area is 212 Å².